The summed E-state index contributed by atoms with van der Waals surface area (Å²) in [5, 5.41) is 26.4. The van der Waals surface area contributed by atoms with E-state index < -0.39 is 10.5 Å². The number of fused-ring (bicyclic) bond motifs is 1. The molecule has 0 spiro atoms. The second-order valence-electron chi connectivity index (χ2n) is 7.55. The number of aryl methyl sites for hydroxylation is 1. The van der Waals surface area contributed by atoms with Gasteiger partial charge in [0.1, 0.15) is 12.5 Å². The first-order valence-electron chi connectivity index (χ1n) is 9.90. The number of benzene rings is 2. The Morgan fingerprint density at radius 2 is 1.97 bits per heavy atom. The summed E-state index contributed by atoms with van der Waals surface area (Å²) < 4.78 is 27.2. The fourth-order valence-corrected chi connectivity index (χ4v) is 3.82. The third-order valence-electron chi connectivity index (χ3n) is 5.41. The van der Waals surface area contributed by atoms with Crippen molar-refractivity contribution in [1.29, 1.82) is 0 Å². The predicted molar refractivity (Wildman–Crippen MR) is 115 cm³/mol. The van der Waals surface area contributed by atoms with Gasteiger partial charge in [-0.25, -0.2) is 13.8 Å². The highest BCUT2D eigenvalue weighted by molar-refractivity contribution is 5.75. The Labute approximate surface area is 178 Å². The van der Waals surface area contributed by atoms with E-state index in [2.05, 4.69) is 15.3 Å². The van der Waals surface area contributed by atoms with Crippen LogP contribution in [0.15, 0.2) is 42.5 Å². The summed E-state index contributed by atoms with van der Waals surface area (Å²) in [6.45, 7) is 2.08. The molecule has 0 bridgehead atoms. The van der Waals surface area contributed by atoms with Crippen LogP contribution in [0.1, 0.15) is 11.1 Å². The molecule has 4 rings (SSSR count). The first-order valence-corrected chi connectivity index (χ1v) is 9.90. The van der Waals surface area contributed by atoms with Crippen LogP contribution in [0.25, 0.3) is 11.3 Å². The summed E-state index contributed by atoms with van der Waals surface area (Å²) in [7, 11) is 1.70. The van der Waals surface area contributed by atoms with Gasteiger partial charge < -0.3 is 15.2 Å². The molecule has 2 N–H and O–H groups in total. The topological polar surface area (TPSA) is 84.3 Å². The van der Waals surface area contributed by atoms with E-state index in [-0.39, 0.29) is 43.1 Å². The lowest BCUT2D eigenvalue weighted by Crippen LogP contribution is -2.50. The maximum absolute atomic E-state index is 14.7. The number of likely N-dealkylation sites (N-methyl/N-ethyl adjacent to an activating group) is 1. The van der Waals surface area contributed by atoms with Crippen LogP contribution in [-0.2, 0) is 6.54 Å². The van der Waals surface area contributed by atoms with Crippen molar-refractivity contribution in [2.24, 2.45) is 0 Å². The zero-order valence-electron chi connectivity index (χ0n) is 17.3. The predicted octanol–water partition coefficient (Wildman–Crippen LogP) is 3.36. The van der Waals surface area contributed by atoms with Gasteiger partial charge in [0.2, 0.25) is 11.8 Å². The number of aliphatic hydroxyl groups is 1. The molecule has 1 atom stereocenters. The van der Waals surface area contributed by atoms with Gasteiger partial charge in [-0.3, -0.25) is 9.96 Å². The minimum atomic E-state index is -1.14. The van der Waals surface area contributed by atoms with Crippen LogP contribution < -0.4 is 14.9 Å². The smallest absolute Gasteiger partial charge is 0.243 e. The Hall–Kier alpha value is -2.98. The molecule has 162 valence electrons. The monoisotopic (exact) mass is 427 g/mol. The van der Waals surface area contributed by atoms with Crippen molar-refractivity contribution < 1.29 is 13.9 Å². The standard InChI is InChI=1S/C22H23F2N5O2/c1-14-11-15(23)7-8-16(14)20-17-12-25-13-29(31,19-6-4-3-5-18(19)24)21(17)27-22(26-20)28(2)9-10-30/h3-8,11,25,30H,9-10,12-13H2,1-2H3. The summed E-state index contributed by atoms with van der Waals surface area (Å²) in [6.07, 6.45) is 0. The van der Waals surface area contributed by atoms with Crippen molar-refractivity contribution in [2.45, 2.75) is 13.5 Å². The number of aromatic nitrogens is 2. The Bertz CT molecular complexity index is 1130. The van der Waals surface area contributed by atoms with Crippen molar-refractivity contribution in [3.8, 4) is 11.3 Å². The van der Waals surface area contributed by atoms with Crippen LogP contribution in [0.5, 0.6) is 0 Å². The minimum Gasteiger partial charge on any atom is -0.620 e. The van der Waals surface area contributed by atoms with E-state index in [9.17, 15) is 19.1 Å². The number of quaternary nitrogens is 1. The average Bonchev–Trinajstić information content (AvgIpc) is 2.74. The summed E-state index contributed by atoms with van der Waals surface area (Å²) >= 11 is 0. The molecule has 1 aromatic heterocycles. The number of hydrogen-bond acceptors (Lipinski definition) is 6. The second kappa shape index (κ2) is 8.27. The summed E-state index contributed by atoms with van der Waals surface area (Å²) in [5.74, 6) is -0.656. The second-order valence-corrected chi connectivity index (χ2v) is 7.55. The summed E-state index contributed by atoms with van der Waals surface area (Å²) in [5.41, 5.74) is 2.25. The van der Waals surface area contributed by atoms with Gasteiger partial charge in [0.15, 0.2) is 11.5 Å². The van der Waals surface area contributed by atoms with E-state index in [0.717, 1.165) is 0 Å². The van der Waals surface area contributed by atoms with Gasteiger partial charge in [-0.2, -0.15) is 4.98 Å². The molecule has 31 heavy (non-hydrogen) atoms. The molecule has 0 saturated heterocycles. The molecule has 7 nitrogen and oxygen atoms in total. The Morgan fingerprint density at radius 1 is 1.19 bits per heavy atom. The maximum atomic E-state index is 14.7. The van der Waals surface area contributed by atoms with Crippen LogP contribution in [0.3, 0.4) is 0 Å². The molecule has 2 aromatic carbocycles. The molecular formula is C22H23F2N5O2. The number of rotatable bonds is 5. The van der Waals surface area contributed by atoms with E-state index in [0.29, 0.717) is 28.9 Å². The lowest BCUT2D eigenvalue weighted by molar-refractivity contribution is 0.303. The van der Waals surface area contributed by atoms with Crippen LogP contribution in [0.4, 0.5) is 26.2 Å². The van der Waals surface area contributed by atoms with E-state index in [1.54, 1.807) is 31.0 Å². The van der Waals surface area contributed by atoms with Crippen LogP contribution in [0, 0.1) is 23.8 Å². The number of nitrogens with one attached hydrogen (secondary N) is 1. The molecular weight excluding hydrogens is 404 g/mol. The first-order chi connectivity index (χ1) is 14.8. The molecule has 1 aliphatic heterocycles. The Morgan fingerprint density at radius 3 is 2.68 bits per heavy atom. The third-order valence-corrected chi connectivity index (χ3v) is 5.41. The van der Waals surface area contributed by atoms with E-state index in [1.165, 1.54) is 30.3 Å². The minimum absolute atomic E-state index is 0.0628. The Balaban J connectivity index is 2.00. The number of hydrogen-bond donors (Lipinski definition) is 2. The van der Waals surface area contributed by atoms with E-state index in [4.69, 9.17) is 0 Å². The summed E-state index contributed by atoms with van der Waals surface area (Å²) in [6, 6.07) is 10.2. The van der Waals surface area contributed by atoms with Crippen molar-refractivity contribution in [2.75, 3.05) is 31.8 Å². The molecule has 3 aromatic rings. The largest absolute Gasteiger partial charge is 0.620 e. The molecule has 0 amide bonds. The van der Waals surface area contributed by atoms with Crippen LogP contribution in [0.2, 0.25) is 0 Å². The quantitative estimate of drug-likeness (QED) is 0.480. The maximum Gasteiger partial charge on any atom is 0.243 e. The SMILES string of the molecule is Cc1cc(F)ccc1-c1nc(N(C)CCO)nc2c1CNC[N+]2([O-])c1ccccc1F. The van der Waals surface area contributed by atoms with Gasteiger partial charge in [0.25, 0.3) is 0 Å². The highest BCUT2D eigenvalue weighted by Gasteiger charge is 2.37. The van der Waals surface area contributed by atoms with Crippen molar-refractivity contribution >= 4 is 17.5 Å². The van der Waals surface area contributed by atoms with Crippen LogP contribution >= 0.6 is 0 Å². The highest BCUT2D eigenvalue weighted by atomic mass is 19.1. The number of nitrogens with zero attached hydrogens (tertiary/aromatic N) is 4. The number of hydroxylamine groups is 1. The van der Waals surface area contributed by atoms with Gasteiger partial charge in [-0.15, -0.1) is 0 Å². The zero-order chi connectivity index (χ0) is 22.2. The zero-order valence-corrected chi connectivity index (χ0v) is 17.3. The molecule has 1 unspecified atom stereocenters. The number of anilines is 1. The molecule has 0 aliphatic carbocycles. The van der Waals surface area contributed by atoms with Crippen molar-refractivity contribution in [3.05, 3.63) is 70.4 Å². The van der Waals surface area contributed by atoms with Gasteiger partial charge in [-0.05, 0) is 36.8 Å². The van der Waals surface area contributed by atoms with E-state index in [1.807, 2.05) is 0 Å². The molecule has 0 saturated carbocycles. The fraction of sp³-hybridized carbons (Fsp3) is 0.273. The normalized spacial score (nSPS) is 18.0. The van der Waals surface area contributed by atoms with Crippen molar-refractivity contribution in [3.63, 3.8) is 0 Å². The van der Waals surface area contributed by atoms with E-state index >= 15 is 0 Å². The highest BCUT2D eigenvalue weighted by Crippen LogP contribution is 2.42. The lowest BCUT2D eigenvalue weighted by Gasteiger charge is -2.44. The van der Waals surface area contributed by atoms with Crippen LogP contribution in [-0.4, -0.2) is 41.9 Å². The third kappa shape index (κ3) is 3.77. The molecule has 1 aliphatic rings. The molecule has 0 fully saturated rings. The fourth-order valence-electron chi connectivity index (χ4n) is 3.82. The number of halogens is 2. The molecule has 0 radical (unpaired) electrons. The molecule has 9 heteroatoms. The van der Waals surface area contributed by atoms with Gasteiger partial charge >= 0.3 is 0 Å². The first kappa shape index (κ1) is 21.3. The molecule has 2 heterocycles. The Kier molecular flexibility index (Phi) is 5.67. The summed E-state index contributed by atoms with van der Waals surface area (Å²) in [4.78, 5) is 10.8. The number of aliphatic hydroxyl groups excluding tert-OH is 1. The van der Waals surface area contributed by atoms with Gasteiger partial charge in [0.05, 0.1) is 17.9 Å². The van der Waals surface area contributed by atoms with Gasteiger partial charge in [0, 0.05) is 31.8 Å². The van der Waals surface area contributed by atoms with Gasteiger partial charge in [-0.1, -0.05) is 12.1 Å². The van der Waals surface area contributed by atoms with Crippen molar-refractivity contribution in [1.82, 2.24) is 19.9 Å². The number of para-hydroxylation sites is 1. The average molecular weight is 427 g/mol. The lowest BCUT2D eigenvalue weighted by atomic mass is 10.00.